The van der Waals surface area contributed by atoms with Crippen LogP contribution < -0.4 is 10.6 Å². The lowest BCUT2D eigenvalue weighted by Crippen LogP contribution is -2.51. The Balaban J connectivity index is 0.00000242. The summed E-state index contributed by atoms with van der Waals surface area (Å²) in [6.07, 6.45) is 6.01. The van der Waals surface area contributed by atoms with Crippen molar-refractivity contribution in [3.05, 3.63) is 35.4 Å². The van der Waals surface area contributed by atoms with Gasteiger partial charge in [-0.1, -0.05) is 29.8 Å². The standard InChI is InChI=1S/C18H28N2O.ClH/c1-14-9-11-16(12-10-14)6-3-4-8-18(21)20-17-7-5-13-19-15(17)2;/h9-12,15,17,19H,3-8,13H2,1-2H3,(H,20,21);1H. The quantitative estimate of drug-likeness (QED) is 0.788. The minimum atomic E-state index is 0. The lowest BCUT2D eigenvalue weighted by atomic mass is 9.99. The van der Waals surface area contributed by atoms with Crippen LogP contribution in [-0.2, 0) is 11.2 Å². The first-order valence-electron chi connectivity index (χ1n) is 8.23. The van der Waals surface area contributed by atoms with E-state index in [2.05, 4.69) is 48.7 Å². The van der Waals surface area contributed by atoms with Crippen LogP contribution >= 0.6 is 12.4 Å². The number of hydrogen-bond acceptors (Lipinski definition) is 2. The second kappa shape index (κ2) is 9.86. The van der Waals surface area contributed by atoms with E-state index in [4.69, 9.17) is 0 Å². The van der Waals surface area contributed by atoms with Crippen molar-refractivity contribution in [1.29, 1.82) is 0 Å². The molecule has 2 atom stereocenters. The maximum Gasteiger partial charge on any atom is 0.220 e. The van der Waals surface area contributed by atoms with Crippen molar-refractivity contribution in [2.45, 2.75) is 64.5 Å². The molecular weight excluding hydrogens is 296 g/mol. The summed E-state index contributed by atoms with van der Waals surface area (Å²) >= 11 is 0. The van der Waals surface area contributed by atoms with E-state index in [0.29, 0.717) is 18.5 Å². The predicted molar refractivity (Wildman–Crippen MR) is 94.6 cm³/mol. The Kier molecular flexibility index (Phi) is 8.51. The fourth-order valence-electron chi connectivity index (χ4n) is 2.89. The van der Waals surface area contributed by atoms with Gasteiger partial charge in [-0.2, -0.15) is 0 Å². The van der Waals surface area contributed by atoms with Crippen LogP contribution in [0.25, 0.3) is 0 Å². The van der Waals surface area contributed by atoms with Gasteiger partial charge in [-0.15, -0.1) is 12.4 Å². The monoisotopic (exact) mass is 324 g/mol. The Bertz CT molecular complexity index is 447. The number of amides is 1. The molecule has 0 bridgehead atoms. The van der Waals surface area contributed by atoms with E-state index < -0.39 is 0 Å². The SMILES string of the molecule is Cc1ccc(CCCCC(=O)NC2CCCNC2C)cc1.Cl. The summed E-state index contributed by atoms with van der Waals surface area (Å²) in [6.45, 7) is 5.33. The molecule has 1 aliphatic heterocycles. The van der Waals surface area contributed by atoms with Gasteiger partial charge < -0.3 is 10.6 Å². The number of nitrogens with one attached hydrogen (secondary N) is 2. The van der Waals surface area contributed by atoms with Gasteiger partial charge in [0.25, 0.3) is 0 Å². The third-order valence-corrected chi connectivity index (χ3v) is 4.35. The number of carbonyl (C=O) groups is 1. The van der Waals surface area contributed by atoms with Crippen molar-refractivity contribution >= 4 is 18.3 Å². The molecule has 22 heavy (non-hydrogen) atoms. The smallest absolute Gasteiger partial charge is 0.220 e. The Labute approximate surface area is 140 Å². The Morgan fingerprint density at radius 3 is 2.68 bits per heavy atom. The van der Waals surface area contributed by atoms with Crippen LogP contribution in [0.3, 0.4) is 0 Å². The van der Waals surface area contributed by atoms with Crippen molar-refractivity contribution in [1.82, 2.24) is 10.6 Å². The average molecular weight is 325 g/mol. The van der Waals surface area contributed by atoms with Crippen LogP contribution in [-0.4, -0.2) is 24.5 Å². The normalized spacial score (nSPS) is 21.0. The summed E-state index contributed by atoms with van der Waals surface area (Å²) in [5, 5.41) is 6.59. The fraction of sp³-hybridized carbons (Fsp3) is 0.611. The van der Waals surface area contributed by atoms with Crippen molar-refractivity contribution in [2.75, 3.05) is 6.54 Å². The number of halogens is 1. The third-order valence-electron chi connectivity index (χ3n) is 4.35. The van der Waals surface area contributed by atoms with Crippen LogP contribution in [0.5, 0.6) is 0 Å². The van der Waals surface area contributed by atoms with E-state index >= 15 is 0 Å². The molecule has 0 radical (unpaired) electrons. The Morgan fingerprint density at radius 2 is 2.00 bits per heavy atom. The minimum Gasteiger partial charge on any atom is -0.352 e. The topological polar surface area (TPSA) is 41.1 Å². The van der Waals surface area contributed by atoms with Gasteiger partial charge in [-0.25, -0.2) is 0 Å². The highest BCUT2D eigenvalue weighted by molar-refractivity contribution is 5.85. The van der Waals surface area contributed by atoms with E-state index in [-0.39, 0.29) is 18.3 Å². The number of aryl methyl sites for hydroxylation is 2. The van der Waals surface area contributed by atoms with Crippen molar-refractivity contribution in [3.8, 4) is 0 Å². The lowest BCUT2D eigenvalue weighted by molar-refractivity contribution is -0.122. The summed E-state index contributed by atoms with van der Waals surface area (Å²) in [6, 6.07) is 9.38. The molecule has 2 rings (SSSR count). The van der Waals surface area contributed by atoms with Crippen LogP contribution in [0.2, 0.25) is 0 Å². The average Bonchev–Trinajstić information content (AvgIpc) is 2.48. The first-order valence-corrected chi connectivity index (χ1v) is 8.23. The number of carbonyl (C=O) groups excluding carboxylic acids is 1. The molecule has 2 N–H and O–H groups in total. The zero-order valence-corrected chi connectivity index (χ0v) is 14.5. The van der Waals surface area contributed by atoms with Gasteiger partial charge in [-0.3, -0.25) is 4.79 Å². The molecule has 1 aliphatic rings. The minimum absolute atomic E-state index is 0. The largest absolute Gasteiger partial charge is 0.352 e. The molecule has 4 heteroatoms. The molecule has 0 aromatic heterocycles. The molecule has 0 spiro atoms. The van der Waals surface area contributed by atoms with Gasteiger partial charge in [-0.05, 0) is 58.1 Å². The first kappa shape index (κ1) is 19.0. The van der Waals surface area contributed by atoms with E-state index in [1.54, 1.807) is 0 Å². The number of benzene rings is 1. The zero-order chi connectivity index (χ0) is 15.1. The van der Waals surface area contributed by atoms with E-state index in [1.165, 1.54) is 11.1 Å². The molecule has 124 valence electrons. The summed E-state index contributed by atoms with van der Waals surface area (Å²) in [5.74, 6) is 0.208. The molecule has 1 aromatic carbocycles. The summed E-state index contributed by atoms with van der Waals surface area (Å²) in [4.78, 5) is 12.0. The van der Waals surface area contributed by atoms with E-state index in [1.807, 2.05) is 0 Å². The molecular formula is C18H29ClN2O. The fourth-order valence-corrected chi connectivity index (χ4v) is 2.89. The molecule has 0 aliphatic carbocycles. The van der Waals surface area contributed by atoms with Crippen LogP contribution in [0.15, 0.2) is 24.3 Å². The van der Waals surface area contributed by atoms with Gasteiger partial charge in [0.1, 0.15) is 0 Å². The van der Waals surface area contributed by atoms with Gasteiger partial charge in [0.15, 0.2) is 0 Å². The summed E-state index contributed by atoms with van der Waals surface area (Å²) in [5.41, 5.74) is 2.67. The van der Waals surface area contributed by atoms with Crippen LogP contribution in [0.4, 0.5) is 0 Å². The highest BCUT2D eigenvalue weighted by Crippen LogP contribution is 2.10. The van der Waals surface area contributed by atoms with Crippen LogP contribution in [0.1, 0.15) is 50.2 Å². The van der Waals surface area contributed by atoms with Gasteiger partial charge in [0.2, 0.25) is 5.91 Å². The third kappa shape index (κ3) is 6.37. The Hall–Kier alpha value is -1.06. The molecule has 1 aromatic rings. The number of piperidine rings is 1. The summed E-state index contributed by atoms with van der Waals surface area (Å²) < 4.78 is 0. The molecule has 0 saturated carbocycles. The Morgan fingerprint density at radius 1 is 1.27 bits per heavy atom. The number of rotatable bonds is 6. The predicted octanol–water partition coefficient (Wildman–Crippen LogP) is 3.39. The molecule has 1 amide bonds. The second-order valence-corrected chi connectivity index (χ2v) is 6.25. The van der Waals surface area contributed by atoms with Crippen molar-refractivity contribution < 1.29 is 4.79 Å². The van der Waals surface area contributed by atoms with Gasteiger partial charge >= 0.3 is 0 Å². The molecule has 3 nitrogen and oxygen atoms in total. The van der Waals surface area contributed by atoms with E-state index in [9.17, 15) is 4.79 Å². The molecule has 1 fully saturated rings. The molecule has 1 saturated heterocycles. The maximum atomic E-state index is 12.0. The zero-order valence-electron chi connectivity index (χ0n) is 13.7. The lowest BCUT2D eigenvalue weighted by Gasteiger charge is -2.30. The van der Waals surface area contributed by atoms with Crippen LogP contribution in [0, 0.1) is 6.92 Å². The molecule has 1 heterocycles. The number of hydrogen-bond donors (Lipinski definition) is 2. The summed E-state index contributed by atoms with van der Waals surface area (Å²) in [7, 11) is 0. The van der Waals surface area contributed by atoms with Gasteiger partial charge in [0, 0.05) is 18.5 Å². The number of unbranched alkanes of at least 4 members (excludes halogenated alkanes) is 1. The highest BCUT2D eigenvalue weighted by Gasteiger charge is 2.21. The van der Waals surface area contributed by atoms with E-state index in [0.717, 1.165) is 38.6 Å². The highest BCUT2D eigenvalue weighted by atomic mass is 35.5. The van der Waals surface area contributed by atoms with Crippen molar-refractivity contribution in [3.63, 3.8) is 0 Å². The van der Waals surface area contributed by atoms with Gasteiger partial charge in [0.05, 0.1) is 0 Å². The molecule has 2 unspecified atom stereocenters. The van der Waals surface area contributed by atoms with Crippen molar-refractivity contribution in [2.24, 2.45) is 0 Å². The second-order valence-electron chi connectivity index (χ2n) is 6.25. The first-order chi connectivity index (χ1) is 10.1. The maximum absolute atomic E-state index is 12.0.